The molecule has 2 aliphatic carbocycles. The van der Waals surface area contributed by atoms with Gasteiger partial charge in [-0.05, 0) is 49.2 Å². The van der Waals surface area contributed by atoms with Gasteiger partial charge in [-0.25, -0.2) is 0 Å². The van der Waals surface area contributed by atoms with Crippen LogP contribution >= 0.6 is 0 Å². The summed E-state index contributed by atoms with van der Waals surface area (Å²) in [6.07, 6.45) is 9.54. The Hall–Kier alpha value is -3.12. The second kappa shape index (κ2) is 5.94. The van der Waals surface area contributed by atoms with Crippen LogP contribution in [0.4, 0.5) is 0 Å². The first-order valence-corrected chi connectivity index (χ1v) is 10.5. The number of hydrogen-bond acceptors (Lipinski definition) is 0. The van der Waals surface area contributed by atoms with E-state index < -0.39 is 0 Å². The third kappa shape index (κ3) is 2.32. The van der Waals surface area contributed by atoms with Crippen LogP contribution in [-0.2, 0) is 0 Å². The van der Waals surface area contributed by atoms with Crippen molar-refractivity contribution in [3.05, 3.63) is 107 Å². The van der Waals surface area contributed by atoms with Crippen molar-refractivity contribution in [3.8, 4) is 0 Å². The van der Waals surface area contributed by atoms with Crippen LogP contribution in [0.1, 0.15) is 47.9 Å². The van der Waals surface area contributed by atoms with Crippen molar-refractivity contribution in [1.29, 1.82) is 0 Å². The van der Waals surface area contributed by atoms with Gasteiger partial charge in [-0.3, -0.25) is 0 Å². The van der Waals surface area contributed by atoms with Crippen molar-refractivity contribution in [1.82, 2.24) is 0 Å². The lowest BCUT2D eigenvalue weighted by Crippen LogP contribution is -2.29. The van der Waals surface area contributed by atoms with E-state index in [1.807, 2.05) is 0 Å². The fourth-order valence-electron chi connectivity index (χ4n) is 5.69. The highest BCUT2D eigenvalue weighted by Crippen LogP contribution is 2.53. The van der Waals surface area contributed by atoms with Crippen LogP contribution in [0.25, 0.3) is 33.7 Å². The van der Waals surface area contributed by atoms with E-state index >= 15 is 0 Å². The van der Waals surface area contributed by atoms with Gasteiger partial charge in [0.15, 0.2) is 0 Å². The number of benzene rings is 4. The molecule has 140 valence electrons. The van der Waals surface area contributed by atoms with Crippen molar-refractivity contribution < 1.29 is 0 Å². The predicted molar refractivity (Wildman–Crippen MR) is 125 cm³/mol. The normalized spacial score (nSPS) is 19.8. The third-order valence-electron chi connectivity index (χ3n) is 7.15. The Labute approximate surface area is 172 Å². The molecule has 0 heteroatoms. The van der Waals surface area contributed by atoms with E-state index in [9.17, 15) is 0 Å². The van der Waals surface area contributed by atoms with Crippen LogP contribution in [0.5, 0.6) is 0 Å². The fourth-order valence-corrected chi connectivity index (χ4v) is 5.69. The average Bonchev–Trinajstić information content (AvgIpc) is 2.75. The molecule has 0 aromatic heterocycles. The molecule has 2 aliphatic rings. The summed E-state index contributed by atoms with van der Waals surface area (Å²) < 4.78 is 0. The number of allylic oxidation sites excluding steroid dienone is 2. The van der Waals surface area contributed by atoms with E-state index in [1.165, 1.54) is 43.8 Å². The largest absolute Gasteiger partial charge is 0.0758 e. The van der Waals surface area contributed by atoms with Gasteiger partial charge in [-0.1, -0.05) is 111 Å². The van der Waals surface area contributed by atoms with Gasteiger partial charge in [-0.2, -0.15) is 0 Å². The quantitative estimate of drug-likeness (QED) is 0.335. The molecule has 0 heterocycles. The van der Waals surface area contributed by atoms with Gasteiger partial charge in [0, 0.05) is 11.8 Å². The van der Waals surface area contributed by atoms with E-state index in [2.05, 4.69) is 111 Å². The molecule has 0 saturated carbocycles. The van der Waals surface area contributed by atoms with Crippen LogP contribution < -0.4 is 0 Å². The van der Waals surface area contributed by atoms with E-state index in [-0.39, 0.29) is 5.41 Å². The molecular formula is C29H24. The van der Waals surface area contributed by atoms with Crippen LogP contribution in [0, 0.1) is 5.41 Å². The summed E-state index contributed by atoms with van der Waals surface area (Å²) in [7, 11) is 0. The summed E-state index contributed by atoms with van der Waals surface area (Å²) in [6, 6.07) is 26.9. The zero-order chi connectivity index (χ0) is 19.6. The molecule has 0 amide bonds. The molecule has 0 bridgehead atoms. The maximum atomic E-state index is 2.44. The van der Waals surface area contributed by atoms with Crippen LogP contribution in [-0.4, -0.2) is 0 Å². The molecule has 0 nitrogen and oxygen atoms in total. The first kappa shape index (κ1) is 16.8. The van der Waals surface area contributed by atoms with Crippen molar-refractivity contribution >= 4 is 33.7 Å². The maximum Gasteiger partial charge on any atom is 0.00877 e. The van der Waals surface area contributed by atoms with Gasteiger partial charge in [0.2, 0.25) is 0 Å². The van der Waals surface area contributed by atoms with Crippen LogP contribution in [0.15, 0.2) is 84.9 Å². The highest BCUT2D eigenvalue weighted by Gasteiger charge is 2.39. The summed E-state index contributed by atoms with van der Waals surface area (Å²) in [6.45, 7) is 4.88. The first-order valence-electron chi connectivity index (χ1n) is 10.5. The Balaban J connectivity index is 1.54. The van der Waals surface area contributed by atoms with E-state index in [0.717, 1.165) is 0 Å². The van der Waals surface area contributed by atoms with Crippen molar-refractivity contribution in [3.63, 3.8) is 0 Å². The Bertz CT molecular complexity index is 1220. The second-order valence-corrected chi connectivity index (χ2v) is 9.08. The number of hydrogen-bond donors (Lipinski definition) is 0. The molecule has 0 N–H and O–H groups in total. The minimum Gasteiger partial charge on any atom is -0.0758 e. The maximum absolute atomic E-state index is 2.44. The van der Waals surface area contributed by atoms with Crippen molar-refractivity contribution in [2.24, 2.45) is 5.41 Å². The standard InChI is InChI=1S/C29H24/c1-29(2,25-17-15-21-9-3-7-19-11-5-13-23(25)27(19)21)26-18-16-22-10-4-8-20-12-6-14-24(26)28(20)22/h3-18,25-26H,1-2H3. The summed E-state index contributed by atoms with van der Waals surface area (Å²) in [5.41, 5.74) is 5.67. The highest BCUT2D eigenvalue weighted by molar-refractivity contribution is 5.97. The summed E-state index contributed by atoms with van der Waals surface area (Å²) in [5.74, 6) is 0.743. The second-order valence-electron chi connectivity index (χ2n) is 9.08. The molecule has 2 atom stereocenters. The molecule has 0 spiro atoms. The SMILES string of the molecule is CC(C)(C1C=Cc2cccc3cccc1c23)C1C=Cc2cccc3cccc1c23. The lowest BCUT2D eigenvalue weighted by molar-refractivity contribution is 0.289. The van der Waals surface area contributed by atoms with Crippen molar-refractivity contribution in [2.45, 2.75) is 25.7 Å². The van der Waals surface area contributed by atoms with E-state index in [1.54, 1.807) is 0 Å². The molecule has 0 saturated heterocycles. The zero-order valence-electron chi connectivity index (χ0n) is 16.9. The molecule has 0 aliphatic heterocycles. The first-order chi connectivity index (χ1) is 14.1. The molecular weight excluding hydrogens is 348 g/mol. The highest BCUT2D eigenvalue weighted by atomic mass is 14.4. The molecule has 4 aromatic rings. The van der Waals surface area contributed by atoms with Gasteiger partial charge >= 0.3 is 0 Å². The smallest absolute Gasteiger partial charge is 0.00877 e. The van der Waals surface area contributed by atoms with Crippen LogP contribution in [0.3, 0.4) is 0 Å². The van der Waals surface area contributed by atoms with Gasteiger partial charge < -0.3 is 0 Å². The predicted octanol–water partition coefficient (Wildman–Crippen LogP) is 7.94. The average molecular weight is 373 g/mol. The van der Waals surface area contributed by atoms with E-state index in [4.69, 9.17) is 0 Å². The monoisotopic (exact) mass is 372 g/mol. The summed E-state index contributed by atoms with van der Waals surface area (Å²) >= 11 is 0. The Morgan fingerprint density at radius 2 is 0.966 bits per heavy atom. The van der Waals surface area contributed by atoms with Crippen LogP contribution in [0.2, 0.25) is 0 Å². The Morgan fingerprint density at radius 3 is 1.41 bits per heavy atom. The Morgan fingerprint density at radius 1 is 0.552 bits per heavy atom. The minimum atomic E-state index is 0.0522. The molecule has 6 rings (SSSR count). The van der Waals surface area contributed by atoms with Gasteiger partial charge in [-0.15, -0.1) is 0 Å². The summed E-state index contributed by atoms with van der Waals surface area (Å²) in [4.78, 5) is 0. The lowest BCUT2D eigenvalue weighted by Gasteiger charge is -2.42. The van der Waals surface area contributed by atoms with Crippen molar-refractivity contribution in [2.75, 3.05) is 0 Å². The summed E-state index contributed by atoms with van der Waals surface area (Å²) in [5, 5.41) is 5.54. The fraction of sp³-hybridized carbons (Fsp3) is 0.172. The third-order valence-corrected chi connectivity index (χ3v) is 7.15. The topological polar surface area (TPSA) is 0 Å². The molecule has 2 unspecified atom stereocenters. The number of rotatable bonds is 2. The lowest BCUT2D eigenvalue weighted by atomic mass is 9.61. The van der Waals surface area contributed by atoms with Gasteiger partial charge in [0.1, 0.15) is 0 Å². The zero-order valence-corrected chi connectivity index (χ0v) is 16.9. The minimum absolute atomic E-state index is 0.0522. The van der Waals surface area contributed by atoms with E-state index in [0.29, 0.717) is 11.8 Å². The molecule has 0 fully saturated rings. The molecule has 29 heavy (non-hydrogen) atoms. The molecule has 0 radical (unpaired) electrons. The Kier molecular flexibility index (Phi) is 3.44. The van der Waals surface area contributed by atoms with Gasteiger partial charge in [0.25, 0.3) is 0 Å². The molecule has 4 aromatic carbocycles. The van der Waals surface area contributed by atoms with Gasteiger partial charge in [0.05, 0.1) is 0 Å².